The van der Waals surface area contributed by atoms with Crippen molar-refractivity contribution in [3.8, 4) is 0 Å². The van der Waals surface area contributed by atoms with Crippen LogP contribution in [0.1, 0.15) is 39.6 Å². The molecule has 2 amide bonds. The van der Waals surface area contributed by atoms with E-state index < -0.39 is 10.0 Å². The van der Waals surface area contributed by atoms with E-state index in [4.69, 9.17) is 0 Å². The molecule has 0 saturated carbocycles. The van der Waals surface area contributed by atoms with Crippen LogP contribution < -0.4 is 14.9 Å². The van der Waals surface area contributed by atoms with Crippen LogP contribution in [0.2, 0.25) is 0 Å². The van der Waals surface area contributed by atoms with Crippen LogP contribution in [0.5, 0.6) is 0 Å². The molecule has 8 heteroatoms. The van der Waals surface area contributed by atoms with Gasteiger partial charge in [0.1, 0.15) is 0 Å². The first-order valence-corrected chi connectivity index (χ1v) is 13.7. The molecule has 7 nitrogen and oxygen atoms in total. The lowest BCUT2D eigenvalue weighted by molar-refractivity contribution is 0.0954. The Hall–Kier alpha value is -4.43. The smallest absolute Gasteiger partial charge is 0.264 e. The SMILES string of the molecule is CCCNC(=O)c1ccccc1NC(=O)c1ccc(CN(c2ccccc2)S(=O)(=O)c2ccccc2)cc1. The van der Waals surface area contributed by atoms with Gasteiger partial charge < -0.3 is 10.6 Å². The molecular formula is C30H29N3O4S. The number of rotatable bonds is 10. The van der Waals surface area contributed by atoms with Crippen LogP contribution in [0.3, 0.4) is 0 Å². The molecule has 4 aromatic carbocycles. The third kappa shape index (κ3) is 6.27. The van der Waals surface area contributed by atoms with E-state index in [1.54, 1.807) is 103 Å². The van der Waals surface area contributed by atoms with E-state index in [1.807, 2.05) is 13.0 Å². The Labute approximate surface area is 223 Å². The summed E-state index contributed by atoms with van der Waals surface area (Å²) in [4.78, 5) is 25.6. The van der Waals surface area contributed by atoms with E-state index in [0.29, 0.717) is 34.6 Å². The standard InChI is InChI=1S/C30H29N3O4S/c1-2-21-31-30(35)27-15-9-10-16-28(27)32-29(34)24-19-17-23(18-20-24)22-33(25-11-5-3-6-12-25)38(36,37)26-13-7-4-8-14-26/h3-20H,2,21-22H2,1H3,(H,31,35)(H,32,34). The van der Waals surface area contributed by atoms with Gasteiger partial charge >= 0.3 is 0 Å². The zero-order valence-corrected chi connectivity index (χ0v) is 21.8. The average molecular weight is 528 g/mol. The molecule has 0 saturated heterocycles. The van der Waals surface area contributed by atoms with Gasteiger partial charge in [0.2, 0.25) is 0 Å². The molecule has 0 aliphatic heterocycles. The highest BCUT2D eigenvalue weighted by Gasteiger charge is 2.25. The summed E-state index contributed by atoms with van der Waals surface area (Å²) in [6.45, 7) is 2.60. The van der Waals surface area contributed by atoms with E-state index in [9.17, 15) is 18.0 Å². The van der Waals surface area contributed by atoms with Crippen molar-refractivity contribution in [3.63, 3.8) is 0 Å². The fourth-order valence-corrected chi connectivity index (χ4v) is 5.35. The van der Waals surface area contributed by atoms with Crippen molar-refractivity contribution < 1.29 is 18.0 Å². The van der Waals surface area contributed by atoms with Gasteiger partial charge in [0.15, 0.2) is 0 Å². The maximum atomic E-state index is 13.5. The number of carbonyl (C=O) groups is 2. The molecule has 0 fully saturated rings. The molecule has 0 aliphatic carbocycles. The van der Waals surface area contributed by atoms with Gasteiger partial charge in [-0.15, -0.1) is 0 Å². The summed E-state index contributed by atoms with van der Waals surface area (Å²) in [5, 5.41) is 5.63. The summed E-state index contributed by atoms with van der Waals surface area (Å²) < 4.78 is 28.3. The van der Waals surface area contributed by atoms with Crippen molar-refractivity contribution in [2.24, 2.45) is 0 Å². The Morgan fingerprint density at radius 1 is 0.737 bits per heavy atom. The monoisotopic (exact) mass is 527 g/mol. The minimum Gasteiger partial charge on any atom is -0.352 e. The zero-order valence-electron chi connectivity index (χ0n) is 21.0. The highest BCUT2D eigenvalue weighted by Crippen LogP contribution is 2.26. The van der Waals surface area contributed by atoms with E-state index in [1.165, 1.54) is 4.31 Å². The molecule has 4 aromatic rings. The summed E-state index contributed by atoms with van der Waals surface area (Å²) in [7, 11) is -3.82. The van der Waals surface area contributed by atoms with Crippen molar-refractivity contribution in [2.45, 2.75) is 24.8 Å². The predicted octanol–water partition coefficient (Wildman–Crippen LogP) is 5.47. The molecular weight excluding hydrogens is 498 g/mol. The van der Waals surface area contributed by atoms with Crippen molar-refractivity contribution in [3.05, 3.63) is 126 Å². The molecule has 0 aliphatic rings. The number of anilines is 2. The quantitative estimate of drug-likeness (QED) is 0.286. The van der Waals surface area contributed by atoms with Crippen LogP contribution >= 0.6 is 0 Å². The van der Waals surface area contributed by atoms with Crippen molar-refractivity contribution in [2.75, 3.05) is 16.2 Å². The van der Waals surface area contributed by atoms with Gasteiger partial charge in [-0.1, -0.05) is 67.6 Å². The zero-order chi connectivity index (χ0) is 27.0. The fourth-order valence-electron chi connectivity index (χ4n) is 3.87. The van der Waals surface area contributed by atoms with Crippen molar-refractivity contribution >= 4 is 33.2 Å². The number of hydrogen-bond donors (Lipinski definition) is 2. The first kappa shape index (κ1) is 26.6. The second-order valence-corrected chi connectivity index (χ2v) is 10.5. The van der Waals surface area contributed by atoms with E-state index in [0.717, 1.165) is 6.42 Å². The third-order valence-corrected chi connectivity index (χ3v) is 7.66. The summed E-state index contributed by atoms with van der Waals surface area (Å²) in [5.41, 5.74) is 2.44. The van der Waals surface area contributed by atoms with Crippen molar-refractivity contribution in [1.82, 2.24) is 5.32 Å². The van der Waals surface area contributed by atoms with Crippen molar-refractivity contribution in [1.29, 1.82) is 0 Å². The van der Waals surface area contributed by atoms with Crippen LogP contribution in [-0.4, -0.2) is 26.8 Å². The lowest BCUT2D eigenvalue weighted by Crippen LogP contribution is -2.30. The van der Waals surface area contributed by atoms with Gasteiger partial charge in [-0.25, -0.2) is 8.42 Å². The second-order valence-electron chi connectivity index (χ2n) is 8.61. The Morgan fingerprint density at radius 3 is 2.00 bits per heavy atom. The van der Waals surface area contributed by atoms with Gasteiger partial charge in [-0.3, -0.25) is 13.9 Å². The molecule has 0 bridgehead atoms. The number of carbonyl (C=O) groups excluding carboxylic acids is 2. The van der Waals surface area contributed by atoms with Crippen LogP contribution in [0.4, 0.5) is 11.4 Å². The number of nitrogens with zero attached hydrogens (tertiary/aromatic N) is 1. The molecule has 0 unspecified atom stereocenters. The first-order chi connectivity index (χ1) is 18.4. The number of sulfonamides is 1. The molecule has 0 aromatic heterocycles. The van der Waals surface area contributed by atoms with Crippen LogP contribution in [0.15, 0.2) is 114 Å². The molecule has 0 spiro atoms. The highest BCUT2D eigenvalue weighted by atomic mass is 32.2. The minimum atomic E-state index is -3.82. The Balaban J connectivity index is 1.54. The number of amides is 2. The van der Waals surface area contributed by atoms with E-state index in [-0.39, 0.29) is 23.3 Å². The van der Waals surface area contributed by atoms with Crippen LogP contribution in [-0.2, 0) is 16.6 Å². The van der Waals surface area contributed by atoms with Crippen LogP contribution in [0, 0.1) is 0 Å². The largest absolute Gasteiger partial charge is 0.352 e. The van der Waals surface area contributed by atoms with Gasteiger partial charge in [0.05, 0.1) is 28.4 Å². The molecule has 0 heterocycles. The summed E-state index contributed by atoms with van der Waals surface area (Å²) in [5.74, 6) is -0.622. The molecule has 0 radical (unpaired) electrons. The Kier molecular flexibility index (Phi) is 8.55. The van der Waals surface area contributed by atoms with Gasteiger partial charge in [-0.2, -0.15) is 0 Å². The lowest BCUT2D eigenvalue weighted by atomic mass is 10.1. The third-order valence-electron chi connectivity index (χ3n) is 5.87. The van der Waals surface area contributed by atoms with Gasteiger partial charge in [-0.05, 0) is 60.5 Å². The maximum Gasteiger partial charge on any atom is 0.264 e. The molecule has 2 N–H and O–H groups in total. The number of nitrogens with one attached hydrogen (secondary N) is 2. The Morgan fingerprint density at radius 2 is 1.34 bits per heavy atom. The lowest BCUT2D eigenvalue weighted by Gasteiger charge is -2.25. The maximum absolute atomic E-state index is 13.5. The molecule has 38 heavy (non-hydrogen) atoms. The number of hydrogen-bond acceptors (Lipinski definition) is 4. The normalized spacial score (nSPS) is 11.0. The minimum absolute atomic E-state index is 0.0869. The van der Waals surface area contributed by atoms with Gasteiger partial charge in [0, 0.05) is 12.1 Å². The first-order valence-electron chi connectivity index (χ1n) is 12.3. The van der Waals surface area contributed by atoms with E-state index in [2.05, 4.69) is 10.6 Å². The molecule has 0 atom stereocenters. The highest BCUT2D eigenvalue weighted by molar-refractivity contribution is 7.92. The predicted molar refractivity (Wildman–Crippen MR) is 150 cm³/mol. The summed E-state index contributed by atoms with van der Waals surface area (Å²) in [6.07, 6.45) is 0.807. The average Bonchev–Trinajstić information content (AvgIpc) is 2.96. The fraction of sp³-hybridized carbons (Fsp3) is 0.133. The Bertz CT molecular complexity index is 1490. The summed E-state index contributed by atoms with van der Waals surface area (Å²) >= 11 is 0. The molecule has 4 rings (SSSR count). The number of benzene rings is 4. The molecule has 194 valence electrons. The number of para-hydroxylation sites is 2. The van der Waals surface area contributed by atoms with Gasteiger partial charge in [0.25, 0.3) is 21.8 Å². The van der Waals surface area contributed by atoms with Crippen LogP contribution in [0.25, 0.3) is 0 Å². The second kappa shape index (κ2) is 12.2. The summed E-state index contributed by atoms with van der Waals surface area (Å²) in [6, 6.07) is 30.8. The van der Waals surface area contributed by atoms with E-state index >= 15 is 0 Å². The topological polar surface area (TPSA) is 95.6 Å².